The highest BCUT2D eigenvalue weighted by Gasteiger charge is 2.33. The molecule has 4 amide bonds. The molecule has 0 spiro atoms. The number of hydrogen-bond acceptors (Lipinski definition) is 5. The number of carbonyl (C=O) groups is 4. The molecule has 0 saturated carbocycles. The zero-order valence-electron chi connectivity index (χ0n) is 18.5. The van der Waals surface area contributed by atoms with Gasteiger partial charge in [-0.05, 0) is 24.6 Å². The summed E-state index contributed by atoms with van der Waals surface area (Å²) in [4.78, 5) is 66.1. The molecule has 0 radical (unpaired) electrons. The standard InChI is InChI=1S/C24H26N4O5/c1-17-4-2-5-18(14-17)15-27-9-3-6-19(24(27)33)23(32)26-12-10-25(11-13-26)22(31)16-28-20(29)7-8-21(28)30/h2-6,9,14H,7-8,10-13,15-16H2,1H3. The van der Waals surface area contributed by atoms with Gasteiger partial charge < -0.3 is 14.4 Å². The molecule has 1 aromatic carbocycles. The number of aryl methyl sites for hydroxylation is 1. The largest absolute Gasteiger partial charge is 0.338 e. The molecule has 0 atom stereocenters. The highest BCUT2D eigenvalue weighted by atomic mass is 16.2. The van der Waals surface area contributed by atoms with Crippen LogP contribution >= 0.6 is 0 Å². The lowest BCUT2D eigenvalue weighted by Crippen LogP contribution is -2.53. The van der Waals surface area contributed by atoms with Gasteiger partial charge in [-0.15, -0.1) is 0 Å². The number of amides is 4. The molecule has 2 aliphatic heterocycles. The third kappa shape index (κ3) is 4.87. The molecule has 172 valence electrons. The van der Waals surface area contributed by atoms with E-state index in [9.17, 15) is 24.0 Å². The molecule has 2 aromatic rings. The van der Waals surface area contributed by atoms with Crippen LogP contribution in [0.3, 0.4) is 0 Å². The zero-order valence-corrected chi connectivity index (χ0v) is 18.5. The van der Waals surface area contributed by atoms with Crippen LogP contribution in [0.4, 0.5) is 0 Å². The Balaban J connectivity index is 1.38. The second-order valence-electron chi connectivity index (χ2n) is 8.39. The summed E-state index contributed by atoms with van der Waals surface area (Å²) in [7, 11) is 0. The molecular formula is C24H26N4O5. The van der Waals surface area contributed by atoms with Crippen LogP contribution in [0.1, 0.15) is 34.3 Å². The van der Waals surface area contributed by atoms with E-state index >= 15 is 0 Å². The van der Waals surface area contributed by atoms with Crippen molar-refractivity contribution in [2.45, 2.75) is 26.3 Å². The number of carbonyl (C=O) groups excluding carboxylic acids is 4. The van der Waals surface area contributed by atoms with Crippen LogP contribution in [-0.2, 0) is 20.9 Å². The lowest BCUT2D eigenvalue weighted by Gasteiger charge is -2.35. The first-order valence-electron chi connectivity index (χ1n) is 11.0. The third-order valence-electron chi connectivity index (χ3n) is 6.05. The van der Waals surface area contributed by atoms with Crippen LogP contribution in [0.5, 0.6) is 0 Å². The molecule has 1 aromatic heterocycles. The van der Waals surface area contributed by atoms with E-state index in [2.05, 4.69) is 0 Å². The van der Waals surface area contributed by atoms with Crippen LogP contribution in [0.2, 0.25) is 0 Å². The predicted molar refractivity (Wildman–Crippen MR) is 119 cm³/mol. The minimum absolute atomic E-state index is 0.0955. The normalized spacial score (nSPS) is 16.5. The van der Waals surface area contributed by atoms with Gasteiger partial charge in [-0.1, -0.05) is 29.8 Å². The quantitative estimate of drug-likeness (QED) is 0.623. The Morgan fingerprint density at radius 2 is 1.55 bits per heavy atom. The molecule has 4 rings (SSSR count). The number of hydrogen-bond donors (Lipinski definition) is 0. The van der Waals surface area contributed by atoms with E-state index in [1.54, 1.807) is 22.1 Å². The fraction of sp³-hybridized carbons (Fsp3) is 0.375. The predicted octanol–water partition coefficient (Wildman–Crippen LogP) is 0.638. The number of likely N-dealkylation sites (tertiary alicyclic amines) is 1. The van der Waals surface area contributed by atoms with Crippen molar-refractivity contribution in [3.8, 4) is 0 Å². The molecule has 9 heteroatoms. The van der Waals surface area contributed by atoms with Gasteiger partial charge in [0.2, 0.25) is 17.7 Å². The average molecular weight is 450 g/mol. The van der Waals surface area contributed by atoms with Crippen molar-refractivity contribution in [2.75, 3.05) is 32.7 Å². The molecule has 33 heavy (non-hydrogen) atoms. The third-order valence-corrected chi connectivity index (χ3v) is 6.05. The van der Waals surface area contributed by atoms with Crippen LogP contribution in [0.25, 0.3) is 0 Å². The summed E-state index contributed by atoms with van der Waals surface area (Å²) < 4.78 is 1.52. The van der Waals surface area contributed by atoms with Crippen LogP contribution in [-0.4, -0.2) is 75.6 Å². The highest BCUT2D eigenvalue weighted by molar-refractivity contribution is 6.04. The minimum atomic E-state index is -0.365. The number of imide groups is 1. The number of aromatic nitrogens is 1. The Morgan fingerprint density at radius 3 is 2.21 bits per heavy atom. The maximum absolute atomic E-state index is 13.0. The van der Waals surface area contributed by atoms with Gasteiger partial charge in [-0.25, -0.2) is 0 Å². The SMILES string of the molecule is Cc1cccc(Cn2cccc(C(=O)N3CCN(C(=O)CN4C(=O)CCC4=O)CC3)c2=O)c1. The average Bonchev–Trinajstić information content (AvgIpc) is 3.12. The van der Waals surface area contributed by atoms with Gasteiger partial charge in [0.25, 0.3) is 11.5 Å². The van der Waals surface area contributed by atoms with Crippen molar-refractivity contribution < 1.29 is 19.2 Å². The van der Waals surface area contributed by atoms with Crippen molar-refractivity contribution in [2.24, 2.45) is 0 Å². The zero-order chi connectivity index (χ0) is 23.5. The molecule has 2 saturated heterocycles. The van der Waals surface area contributed by atoms with Crippen molar-refractivity contribution in [1.29, 1.82) is 0 Å². The Kier molecular flexibility index (Phi) is 6.39. The maximum atomic E-state index is 13.0. The van der Waals surface area contributed by atoms with E-state index in [4.69, 9.17) is 0 Å². The molecule has 9 nitrogen and oxygen atoms in total. The Labute approximate surface area is 191 Å². The molecule has 2 aliphatic rings. The highest BCUT2D eigenvalue weighted by Crippen LogP contribution is 2.13. The van der Waals surface area contributed by atoms with Crippen LogP contribution in [0, 0.1) is 6.92 Å². The number of nitrogens with zero attached hydrogens (tertiary/aromatic N) is 4. The van der Waals surface area contributed by atoms with Gasteiger partial charge in [-0.3, -0.25) is 28.9 Å². The molecule has 0 aliphatic carbocycles. The van der Waals surface area contributed by atoms with E-state index < -0.39 is 0 Å². The van der Waals surface area contributed by atoms with E-state index in [1.165, 1.54) is 10.6 Å². The number of rotatable bonds is 5. The molecule has 3 heterocycles. The first kappa shape index (κ1) is 22.4. The summed E-state index contributed by atoms with van der Waals surface area (Å²) in [5.74, 6) is -1.33. The number of benzene rings is 1. The van der Waals surface area contributed by atoms with Gasteiger partial charge in [0.15, 0.2) is 0 Å². The summed E-state index contributed by atoms with van der Waals surface area (Å²) in [6, 6.07) is 11.1. The molecule has 0 unspecified atom stereocenters. The Bertz CT molecular complexity index is 1150. The fourth-order valence-corrected chi connectivity index (χ4v) is 4.20. The van der Waals surface area contributed by atoms with Gasteiger partial charge >= 0.3 is 0 Å². The lowest BCUT2D eigenvalue weighted by molar-refractivity contribution is -0.146. The van der Waals surface area contributed by atoms with Gasteiger partial charge in [0, 0.05) is 45.2 Å². The van der Waals surface area contributed by atoms with Gasteiger partial charge in [-0.2, -0.15) is 0 Å². The maximum Gasteiger partial charge on any atom is 0.263 e. The summed E-state index contributed by atoms with van der Waals surface area (Å²) in [5, 5.41) is 0. The van der Waals surface area contributed by atoms with Crippen molar-refractivity contribution in [3.05, 3.63) is 69.6 Å². The number of piperazine rings is 1. The van der Waals surface area contributed by atoms with Gasteiger partial charge in [0.1, 0.15) is 12.1 Å². The first-order valence-corrected chi connectivity index (χ1v) is 11.0. The Hall–Kier alpha value is -3.75. The monoisotopic (exact) mass is 450 g/mol. The summed E-state index contributed by atoms with van der Waals surface area (Å²) in [6.07, 6.45) is 1.96. The first-order chi connectivity index (χ1) is 15.8. The molecule has 0 bridgehead atoms. The second kappa shape index (κ2) is 9.40. The van der Waals surface area contributed by atoms with Crippen molar-refractivity contribution in [1.82, 2.24) is 19.3 Å². The number of pyridine rings is 1. The lowest BCUT2D eigenvalue weighted by atomic mass is 10.1. The Morgan fingerprint density at radius 1 is 0.879 bits per heavy atom. The van der Waals surface area contributed by atoms with E-state index in [0.717, 1.165) is 16.0 Å². The molecule has 0 N–H and O–H groups in total. The van der Waals surface area contributed by atoms with Crippen LogP contribution in [0.15, 0.2) is 47.4 Å². The smallest absolute Gasteiger partial charge is 0.263 e. The summed E-state index contributed by atoms with van der Waals surface area (Å²) in [6.45, 7) is 3.22. The van der Waals surface area contributed by atoms with Crippen molar-refractivity contribution in [3.63, 3.8) is 0 Å². The fourth-order valence-electron chi connectivity index (χ4n) is 4.20. The summed E-state index contributed by atoms with van der Waals surface area (Å²) >= 11 is 0. The summed E-state index contributed by atoms with van der Waals surface area (Å²) in [5.41, 5.74) is 1.81. The topological polar surface area (TPSA) is 100 Å². The van der Waals surface area contributed by atoms with Gasteiger partial charge in [0.05, 0.1) is 6.54 Å². The molecule has 2 fully saturated rings. The second-order valence-corrected chi connectivity index (χ2v) is 8.39. The minimum Gasteiger partial charge on any atom is -0.338 e. The molecular weight excluding hydrogens is 424 g/mol. The van der Waals surface area contributed by atoms with Crippen LogP contribution < -0.4 is 5.56 Å². The van der Waals surface area contributed by atoms with E-state index in [1.807, 2.05) is 31.2 Å². The van der Waals surface area contributed by atoms with E-state index in [0.29, 0.717) is 6.54 Å². The van der Waals surface area contributed by atoms with Crippen molar-refractivity contribution >= 4 is 23.6 Å². The van der Waals surface area contributed by atoms with E-state index in [-0.39, 0.29) is 80.3 Å².